The fourth-order valence-electron chi connectivity index (χ4n) is 1.61. The fourth-order valence-corrected chi connectivity index (χ4v) is 1.90. The van der Waals surface area contributed by atoms with E-state index >= 15 is 0 Å². The van der Waals surface area contributed by atoms with Gasteiger partial charge >= 0.3 is 0 Å². The van der Waals surface area contributed by atoms with Gasteiger partial charge in [0.2, 0.25) is 0 Å². The molecule has 3 nitrogen and oxygen atoms in total. The van der Waals surface area contributed by atoms with Gasteiger partial charge in [0.05, 0.1) is 12.0 Å². The van der Waals surface area contributed by atoms with Crippen molar-refractivity contribution in [2.45, 2.75) is 13.8 Å². The van der Waals surface area contributed by atoms with Crippen LogP contribution in [0.3, 0.4) is 0 Å². The molecule has 0 aliphatic carbocycles. The Bertz CT molecular complexity index is 445. The summed E-state index contributed by atoms with van der Waals surface area (Å²) in [7, 11) is 1.69. The summed E-state index contributed by atoms with van der Waals surface area (Å²) in [5, 5.41) is 9.27. The van der Waals surface area contributed by atoms with Gasteiger partial charge in [-0.15, -0.1) is 0 Å². The minimum absolute atomic E-state index is 0.113. The lowest BCUT2D eigenvalue weighted by atomic mass is 10.1. The molecule has 0 radical (unpaired) electrons. The molecule has 0 aliphatic rings. The molecule has 17 heavy (non-hydrogen) atoms. The number of nitrogens with zero attached hydrogens (tertiary/aromatic N) is 2. The van der Waals surface area contributed by atoms with Crippen molar-refractivity contribution in [1.29, 1.82) is 5.26 Å². The Hall–Kier alpha value is -1.53. The monoisotopic (exact) mass is 250 g/mol. The average Bonchev–Trinajstić information content (AvgIpc) is 2.26. The highest BCUT2D eigenvalue weighted by atomic mass is 35.5. The van der Waals surface area contributed by atoms with E-state index in [1.807, 2.05) is 6.92 Å². The van der Waals surface area contributed by atoms with Crippen LogP contribution in [0.4, 0.5) is 0 Å². The number of aryl methyl sites for hydroxylation is 1. The zero-order valence-corrected chi connectivity index (χ0v) is 11.0. The van der Waals surface area contributed by atoms with E-state index in [-0.39, 0.29) is 11.8 Å². The molecule has 0 saturated heterocycles. The molecule has 0 heterocycles. The summed E-state index contributed by atoms with van der Waals surface area (Å²) in [4.78, 5) is 13.6. The standard InChI is InChI=1S/C13H15ClN2O/c1-9-4-11(6-12(14)5-9)13(17)16(3)8-10(2)7-15/h4-6,10H,8H2,1-3H3. The van der Waals surface area contributed by atoms with Gasteiger partial charge in [-0.2, -0.15) is 5.26 Å². The Balaban J connectivity index is 2.86. The van der Waals surface area contributed by atoms with Crippen molar-refractivity contribution in [2.75, 3.05) is 13.6 Å². The fraction of sp³-hybridized carbons (Fsp3) is 0.385. The molecule has 1 atom stereocenters. The second-order valence-corrected chi connectivity index (χ2v) is 4.67. The second-order valence-electron chi connectivity index (χ2n) is 4.23. The van der Waals surface area contributed by atoms with Crippen molar-refractivity contribution in [1.82, 2.24) is 4.90 Å². The molecule has 0 spiro atoms. The Morgan fingerprint density at radius 1 is 1.53 bits per heavy atom. The van der Waals surface area contributed by atoms with E-state index in [2.05, 4.69) is 6.07 Å². The summed E-state index contributed by atoms with van der Waals surface area (Å²) in [6.45, 7) is 4.09. The number of amides is 1. The van der Waals surface area contributed by atoms with Crippen LogP contribution in [0.1, 0.15) is 22.8 Å². The third kappa shape index (κ3) is 3.76. The third-order valence-electron chi connectivity index (χ3n) is 2.40. The highest BCUT2D eigenvalue weighted by molar-refractivity contribution is 6.31. The third-order valence-corrected chi connectivity index (χ3v) is 2.62. The van der Waals surface area contributed by atoms with Gasteiger partial charge in [0.25, 0.3) is 5.91 Å². The lowest BCUT2D eigenvalue weighted by Crippen LogP contribution is -2.30. The predicted octanol–water partition coefficient (Wildman–Crippen LogP) is 2.88. The summed E-state index contributed by atoms with van der Waals surface area (Å²) in [5.74, 6) is -0.290. The van der Waals surface area contributed by atoms with Crippen LogP contribution in [-0.2, 0) is 0 Å². The van der Waals surface area contributed by atoms with Gasteiger partial charge < -0.3 is 4.90 Å². The van der Waals surface area contributed by atoms with Gasteiger partial charge in [0.15, 0.2) is 0 Å². The van der Waals surface area contributed by atoms with Crippen LogP contribution in [-0.4, -0.2) is 24.4 Å². The first-order chi connectivity index (χ1) is 7.93. The van der Waals surface area contributed by atoms with Gasteiger partial charge in [0.1, 0.15) is 0 Å². The minimum Gasteiger partial charge on any atom is -0.340 e. The smallest absolute Gasteiger partial charge is 0.253 e. The van der Waals surface area contributed by atoms with Gasteiger partial charge in [0, 0.05) is 24.2 Å². The Morgan fingerprint density at radius 2 is 2.18 bits per heavy atom. The maximum absolute atomic E-state index is 12.1. The van der Waals surface area contributed by atoms with E-state index < -0.39 is 0 Å². The Morgan fingerprint density at radius 3 is 2.71 bits per heavy atom. The van der Waals surface area contributed by atoms with E-state index in [4.69, 9.17) is 16.9 Å². The largest absolute Gasteiger partial charge is 0.340 e. The zero-order chi connectivity index (χ0) is 13.0. The van der Waals surface area contributed by atoms with E-state index in [0.717, 1.165) is 5.56 Å². The molecule has 0 aromatic heterocycles. The highest BCUT2D eigenvalue weighted by Crippen LogP contribution is 2.16. The number of rotatable bonds is 3. The quantitative estimate of drug-likeness (QED) is 0.828. The normalized spacial score (nSPS) is 11.7. The summed E-state index contributed by atoms with van der Waals surface area (Å²) < 4.78 is 0. The molecule has 1 rings (SSSR count). The van der Waals surface area contributed by atoms with E-state index in [9.17, 15) is 4.79 Å². The maximum atomic E-state index is 12.1. The van der Waals surface area contributed by atoms with Crippen molar-refractivity contribution >= 4 is 17.5 Å². The van der Waals surface area contributed by atoms with Crippen molar-refractivity contribution in [3.8, 4) is 6.07 Å². The molecule has 4 heteroatoms. The first-order valence-corrected chi connectivity index (χ1v) is 5.74. The van der Waals surface area contributed by atoms with Crippen LogP contribution in [0.2, 0.25) is 5.02 Å². The topological polar surface area (TPSA) is 44.1 Å². The summed E-state index contributed by atoms with van der Waals surface area (Å²) in [5.41, 5.74) is 1.50. The molecule has 90 valence electrons. The number of benzene rings is 1. The van der Waals surface area contributed by atoms with E-state index in [1.54, 1.807) is 37.1 Å². The van der Waals surface area contributed by atoms with Crippen LogP contribution in [0.15, 0.2) is 18.2 Å². The van der Waals surface area contributed by atoms with Crippen LogP contribution in [0.25, 0.3) is 0 Å². The van der Waals surface area contributed by atoms with Crippen LogP contribution in [0.5, 0.6) is 0 Å². The SMILES string of the molecule is Cc1cc(Cl)cc(C(=O)N(C)CC(C)C#N)c1. The van der Waals surface area contributed by atoms with Crippen LogP contribution in [0, 0.1) is 24.2 Å². The first-order valence-electron chi connectivity index (χ1n) is 5.36. The average molecular weight is 251 g/mol. The molecule has 0 bridgehead atoms. The maximum Gasteiger partial charge on any atom is 0.253 e. The lowest BCUT2D eigenvalue weighted by Gasteiger charge is -2.18. The summed E-state index contributed by atoms with van der Waals surface area (Å²) >= 11 is 5.91. The lowest BCUT2D eigenvalue weighted by molar-refractivity contribution is 0.0785. The Kier molecular flexibility index (Phi) is 4.53. The number of hydrogen-bond donors (Lipinski definition) is 0. The summed E-state index contributed by atoms with van der Waals surface area (Å²) in [6, 6.07) is 7.34. The van der Waals surface area contributed by atoms with Gasteiger partial charge in [-0.1, -0.05) is 11.6 Å². The molecular formula is C13H15ClN2O. The van der Waals surface area contributed by atoms with Gasteiger partial charge in [-0.3, -0.25) is 4.79 Å². The molecule has 0 N–H and O–H groups in total. The van der Waals surface area contributed by atoms with Crippen LogP contribution >= 0.6 is 11.6 Å². The molecule has 1 aromatic rings. The van der Waals surface area contributed by atoms with Gasteiger partial charge in [-0.25, -0.2) is 0 Å². The molecule has 0 fully saturated rings. The van der Waals surface area contributed by atoms with E-state index in [1.165, 1.54) is 0 Å². The van der Waals surface area contributed by atoms with Crippen LogP contribution < -0.4 is 0 Å². The molecule has 1 amide bonds. The number of hydrogen-bond acceptors (Lipinski definition) is 2. The second kappa shape index (κ2) is 5.70. The molecule has 0 aliphatic heterocycles. The number of carbonyl (C=O) groups excluding carboxylic acids is 1. The van der Waals surface area contributed by atoms with E-state index in [0.29, 0.717) is 17.1 Å². The molecular weight excluding hydrogens is 236 g/mol. The first kappa shape index (κ1) is 13.5. The highest BCUT2D eigenvalue weighted by Gasteiger charge is 2.14. The molecule has 1 unspecified atom stereocenters. The number of nitriles is 1. The van der Waals surface area contributed by atoms with Crippen molar-refractivity contribution in [3.63, 3.8) is 0 Å². The number of carbonyl (C=O) groups is 1. The molecule has 1 aromatic carbocycles. The Labute approximate surface area is 107 Å². The van der Waals surface area contributed by atoms with Gasteiger partial charge in [-0.05, 0) is 37.6 Å². The number of halogens is 1. The summed E-state index contributed by atoms with van der Waals surface area (Å²) in [6.07, 6.45) is 0. The van der Waals surface area contributed by atoms with Crippen molar-refractivity contribution < 1.29 is 4.79 Å². The molecule has 0 saturated carbocycles. The minimum atomic E-state index is -0.177. The van der Waals surface area contributed by atoms with Crippen molar-refractivity contribution in [2.24, 2.45) is 5.92 Å². The predicted molar refractivity (Wildman–Crippen MR) is 67.9 cm³/mol. The van der Waals surface area contributed by atoms with Crippen molar-refractivity contribution in [3.05, 3.63) is 34.3 Å². The zero-order valence-electron chi connectivity index (χ0n) is 10.2.